The van der Waals surface area contributed by atoms with Gasteiger partial charge < -0.3 is 16.4 Å². The number of amides is 2. The van der Waals surface area contributed by atoms with Crippen LogP contribution in [0.4, 0.5) is 0 Å². The smallest absolute Gasteiger partial charge is 0.251 e. The van der Waals surface area contributed by atoms with Gasteiger partial charge in [-0.15, -0.1) is 0 Å². The summed E-state index contributed by atoms with van der Waals surface area (Å²) in [5, 5.41) is 5.47. The van der Waals surface area contributed by atoms with Crippen molar-refractivity contribution in [1.82, 2.24) is 10.6 Å². The molecular formula is C15H23N3O2. The van der Waals surface area contributed by atoms with Crippen molar-refractivity contribution < 1.29 is 9.59 Å². The molecule has 5 heteroatoms. The summed E-state index contributed by atoms with van der Waals surface area (Å²) in [4.78, 5) is 23.4. The maximum Gasteiger partial charge on any atom is 0.251 e. The minimum Gasteiger partial charge on any atom is -0.353 e. The van der Waals surface area contributed by atoms with Gasteiger partial charge in [0, 0.05) is 18.7 Å². The third-order valence-electron chi connectivity index (χ3n) is 3.31. The molecule has 0 aliphatic rings. The van der Waals surface area contributed by atoms with E-state index >= 15 is 0 Å². The Morgan fingerprint density at radius 1 is 1.15 bits per heavy atom. The molecule has 0 aliphatic heterocycles. The van der Waals surface area contributed by atoms with Gasteiger partial charge in [-0.1, -0.05) is 38.5 Å². The van der Waals surface area contributed by atoms with E-state index < -0.39 is 6.04 Å². The Bertz CT molecular complexity index is 434. The molecule has 0 bridgehead atoms. The van der Waals surface area contributed by atoms with E-state index in [1.165, 1.54) is 0 Å². The van der Waals surface area contributed by atoms with Gasteiger partial charge in [0.1, 0.15) is 0 Å². The van der Waals surface area contributed by atoms with Gasteiger partial charge in [0.15, 0.2) is 0 Å². The molecule has 0 aliphatic carbocycles. The zero-order chi connectivity index (χ0) is 15.0. The first-order valence-corrected chi connectivity index (χ1v) is 6.92. The molecule has 1 aromatic carbocycles. The monoisotopic (exact) mass is 277 g/mol. The Labute approximate surface area is 119 Å². The van der Waals surface area contributed by atoms with Gasteiger partial charge in [0.05, 0.1) is 6.04 Å². The molecule has 4 N–H and O–H groups in total. The summed E-state index contributed by atoms with van der Waals surface area (Å²) < 4.78 is 0. The summed E-state index contributed by atoms with van der Waals surface area (Å²) in [5.41, 5.74) is 6.41. The molecule has 0 spiro atoms. The predicted octanol–water partition coefficient (Wildman–Crippen LogP) is 0.906. The molecule has 0 heterocycles. The lowest BCUT2D eigenvalue weighted by Gasteiger charge is -2.17. The number of rotatable bonds is 7. The first-order valence-electron chi connectivity index (χ1n) is 6.92. The van der Waals surface area contributed by atoms with Gasteiger partial charge in [-0.25, -0.2) is 0 Å². The molecule has 0 saturated carbocycles. The van der Waals surface area contributed by atoms with E-state index in [1.807, 2.05) is 32.0 Å². The number of nitrogens with two attached hydrogens (primary N) is 1. The molecule has 0 fully saturated rings. The van der Waals surface area contributed by atoms with Crippen LogP contribution < -0.4 is 16.4 Å². The lowest BCUT2D eigenvalue weighted by atomic mass is 9.99. The highest BCUT2D eigenvalue weighted by Crippen LogP contribution is 2.04. The zero-order valence-corrected chi connectivity index (χ0v) is 12.1. The SMILES string of the molecule is CCC(C)C(N)C(=O)NCCNC(=O)c1ccccc1. The normalized spacial score (nSPS) is 13.3. The molecule has 20 heavy (non-hydrogen) atoms. The topological polar surface area (TPSA) is 84.2 Å². The number of carbonyl (C=O) groups is 2. The molecule has 2 amide bonds. The molecule has 0 saturated heterocycles. The molecule has 2 unspecified atom stereocenters. The number of carbonyl (C=O) groups excluding carboxylic acids is 2. The average Bonchev–Trinajstić information content (AvgIpc) is 2.50. The van der Waals surface area contributed by atoms with Gasteiger partial charge in [-0.2, -0.15) is 0 Å². The number of benzene rings is 1. The number of nitrogens with one attached hydrogen (secondary N) is 2. The second-order valence-corrected chi connectivity index (χ2v) is 4.82. The van der Waals surface area contributed by atoms with E-state index in [0.29, 0.717) is 18.7 Å². The van der Waals surface area contributed by atoms with E-state index in [2.05, 4.69) is 10.6 Å². The minimum absolute atomic E-state index is 0.147. The number of hydrogen-bond donors (Lipinski definition) is 3. The van der Waals surface area contributed by atoms with Crippen molar-refractivity contribution in [3.63, 3.8) is 0 Å². The van der Waals surface area contributed by atoms with Crippen LogP contribution in [0.2, 0.25) is 0 Å². The minimum atomic E-state index is -0.496. The summed E-state index contributed by atoms with van der Waals surface area (Å²) in [6.45, 7) is 4.70. The van der Waals surface area contributed by atoms with Crippen LogP contribution in [0.3, 0.4) is 0 Å². The Hall–Kier alpha value is -1.88. The van der Waals surface area contributed by atoms with Crippen molar-refractivity contribution in [2.45, 2.75) is 26.3 Å². The maximum atomic E-state index is 11.7. The van der Waals surface area contributed by atoms with Gasteiger partial charge in [0.25, 0.3) is 5.91 Å². The fourth-order valence-corrected chi connectivity index (χ4v) is 1.68. The van der Waals surface area contributed by atoms with Crippen molar-refractivity contribution >= 4 is 11.8 Å². The Kier molecular flexibility index (Phi) is 6.73. The van der Waals surface area contributed by atoms with Crippen LogP contribution in [0.1, 0.15) is 30.6 Å². The van der Waals surface area contributed by atoms with Crippen molar-refractivity contribution in [3.05, 3.63) is 35.9 Å². The van der Waals surface area contributed by atoms with Gasteiger partial charge in [0.2, 0.25) is 5.91 Å². The maximum absolute atomic E-state index is 11.7. The van der Waals surface area contributed by atoms with Crippen LogP contribution in [-0.2, 0) is 4.79 Å². The van der Waals surface area contributed by atoms with Crippen molar-refractivity contribution in [1.29, 1.82) is 0 Å². The van der Waals surface area contributed by atoms with Crippen molar-refractivity contribution in [2.75, 3.05) is 13.1 Å². The molecule has 2 atom stereocenters. The second kappa shape index (κ2) is 8.32. The van der Waals surface area contributed by atoms with E-state index in [-0.39, 0.29) is 17.7 Å². The number of hydrogen-bond acceptors (Lipinski definition) is 3. The van der Waals surface area contributed by atoms with Gasteiger partial charge in [-0.05, 0) is 18.1 Å². The third kappa shape index (κ3) is 5.01. The molecule has 0 radical (unpaired) electrons. The summed E-state index contributed by atoms with van der Waals surface area (Å²) >= 11 is 0. The highest BCUT2D eigenvalue weighted by Gasteiger charge is 2.18. The van der Waals surface area contributed by atoms with Crippen LogP contribution in [0.15, 0.2) is 30.3 Å². The molecule has 5 nitrogen and oxygen atoms in total. The first kappa shape index (κ1) is 16.2. The highest BCUT2D eigenvalue weighted by atomic mass is 16.2. The van der Waals surface area contributed by atoms with Gasteiger partial charge in [-0.3, -0.25) is 9.59 Å². The van der Waals surface area contributed by atoms with Crippen molar-refractivity contribution in [3.8, 4) is 0 Å². The summed E-state index contributed by atoms with van der Waals surface area (Å²) in [6.07, 6.45) is 0.860. The van der Waals surface area contributed by atoms with Crippen LogP contribution in [0.25, 0.3) is 0 Å². The van der Waals surface area contributed by atoms with E-state index in [9.17, 15) is 9.59 Å². The zero-order valence-electron chi connectivity index (χ0n) is 12.1. The van der Waals surface area contributed by atoms with Crippen LogP contribution in [0.5, 0.6) is 0 Å². The van der Waals surface area contributed by atoms with Crippen LogP contribution in [0, 0.1) is 5.92 Å². The molecular weight excluding hydrogens is 254 g/mol. The lowest BCUT2D eigenvalue weighted by molar-refractivity contribution is -0.123. The largest absolute Gasteiger partial charge is 0.353 e. The van der Waals surface area contributed by atoms with E-state index in [4.69, 9.17) is 5.73 Å². The summed E-state index contributed by atoms with van der Waals surface area (Å²) in [7, 11) is 0. The lowest BCUT2D eigenvalue weighted by Crippen LogP contribution is -2.46. The fraction of sp³-hybridized carbons (Fsp3) is 0.467. The van der Waals surface area contributed by atoms with Crippen LogP contribution in [-0.4, -0.2) is 30.9 Å². The predicted molar refractivity (Wildman–Crippen MR) is 79.2 cm³/mol. The van der Waals surface area contributed by atoms with E-state index in [1.54, 1.807) is 12.1 Å². The first-order chi connectivity index (χ1) is 9.56. The molecule has 110 valence electrons. The standard InChI is InChI=1S/C15H23N3O2/c1-3-11(2)13(16)15(20)18-10-9-17-14(19)12-7-5-4-6-8-12/h4-8,11,13H,3,9-10,16H2,1-2H3,(H,17,19)(H,18,20). The Morgan fingerprint density at radius 3 is 2.35 bits per heavy atom. The van der Waals surface area contributed by atoms with Crippen molar-refractivity contribution in [2.24, 2.45) is 11.7 Å². The molecule has 1 aromatic rings. The Balaban J connectivity index is 2.25. The van der Waals surface area contributed by atoms with Crippen LogP contribution >= 0.6 is 0 Å². The average molecular weight is 277 g/mol. The van der Waals surface area contributed by atoms with Gasteiger partial charge >= 0.3 is 0 Å². The second-order valence-electron chi connectivity index (χ2n) is 4.82. The Morgan fingerprint density at radius 2 is 1.75 bits per heavy atom. The highest BCUT2D eigenvalue weighted by molar-refractivity contribution is 5.94. The molecule has 0 aromatic heterocycles. The third-order valence-corrected chi connectivity index (χ3v) is 3.31. The summed E-state index contributed by atoms with van der Waals surface area (Å²) in [6, 6.07) is 8.46. The summed E-state index contributed by atoms with van der Waals surface area (Å²) in [5.74, 6) is -0.173. The fourth-order valence-electron chi connectivity index (χ4n) is 1.68. The molecule has 1 rings (SSSR count). The van der Waals surface area contributed by atoms with E-state index in [0.717, 1.165) is 6.42 Å². The quantitative estimate of drug-likeness (QED) is 0.648.